The average Bonchev–Trinajstić information content (AvgIpc) is 3.01. The fraction of sp³-hybridized carbons (Fsp3) is 0.111. The van der Waals surface area contributed by atoms with Crippen molar-refractivity contribution in [3.05, 3.63) is 77.0 Å². The van der Waals surface area contributed by atoms with E-state index in [2.05, 4.69) is 5.16 Å². The van der Waals surface area contributed by atoms with Gasteiger partial charge in [0.2, 0.25) is 0 Å². The summed E-state index contributed by atoms with van der Waals surface area (Å²) in [6, 6.07) is 11.6. The zero-order chi connectivity index (χ0) is 17.1. The van der Waals surface area contributed by atoms with E-state index in [4.69, 9.17) is 9.26 Å². The minimum Gasteiger partial charge on any atom is -0.455 e. The van der Waals surface area contributed by atoms with Crippen molar-refractivity contribution >= 4 is 5.97 Å². The SMILES string of the molecule is Cc1cccc(C(=O)OCc2cc(-c3ccc(F)cc3F)on2)c1. The number of carbonyl (C=O) groups is 1. The first kappa shape index (κ1) is 15.9. The molecule has 1 aromatic heterocycles. The van der Waals surface area contributed by atoms with Gasteiger partial charge in [-0.1, -0.05) is 22.9 Å². The molecule has 1 heterocycles. The predicted molar refractivity (Wildman–Crippen MR) is 82.2 cm³/mol. The summed E-state index contributed by atoms with van der Waals surface area (Å²) in [6.45, 7) is 1.76. The summed E-state index contributed by atoms with van der Waals surface area (Å²) in [6.07, 6.45) is 0. The van der Waals surface area contributed by atoms with Crippen molar-refractivity contribution in [2.45, 2.75) is 13.5 Å². The molecule has 3 rings (SSSR count). The number of nitrogens with zero attached hydrogens (tertiary/aromatic N) is 1. The lowest BCUT2D eigenvalue weighted by atomic mass is 10.1. The molecule has 0 saturated heterocycles. The van der Waals surface area contributed by atoms with Crippen molar-refractivity contribution in [3.8, 4) is 11.3 Å². The Bertz CT molecular complexity index is 889. The Labute approximate surface area is 136 Å². The minimum atomic E-state index is -0.755. The second-order valence-electron chi connectivity index (χ2n) is 5.25. The highest BCUT2D eigenvalue weighted by Gasteiger charge is 2.14. The molecule has 0 aliphatic carbocycles. The first-order valence-electron chi connectivity index (χ1n) is 7.18. The van der Waals surface area contributed by atoms with Gasteiger partial charge in [-0.2, -0.15) is 0 Å². The zero-order valence-corrected chi connectivity index (χ0v) is 12.8. The van der Waals surface area contributed by atoms with Crippen LogP contribution < -0.4 is 0 Å². The number of aryl methyl sites for hydroxylation is 1. The first-order chi connectivity index (χ1) is 11.5. The van der Waals surface area contributed by atoms with Crippen LogP contribution in [0.4, 0.5) is 8.78 Å². The Balaban J connectivity index is 1.69. The van der Waals surface area contributed by atoms with Gasteiger partial charge in [-0.15, -0.1) is 0 Å². The predicted octanol–water partition coefficient (Wildman–Crippen LogP) is 4.29. The van der Waals surface area contributed by atoms with Crippen molar-refractivity contribution in [2.75, 3.05) is 0 Å². The number of aromatic nitrogens is 1. The van der Waals surface area contributed by atoms with E-state index in [0.29, 0.717) is 11.3 Å². The van der Waals surface area contributed by atoms with Gasteiger partial charge in [0, 0.05) is 12.1 Å². The van der Waals surface area contributed by atoms with Crippen LogP contribution in [0.2, 0.25) is 0 Å². The lowest BCUT2D eigenvalue weighted by molar-refractivity contribution is 0.0464. The summed E-state index contributed by atoms with van der Waals surface area (Å²) in [5.41, 5.74) is 1.79. The molecule has 0 unspecified atom stereocenters. The van der Waals surface area contributed by atoms with Crippen LogP contribution in [-0.2, 0) is 11.3 Å². The van der Waals surface area contributed by atoms with Gasteiger partial charge >= 0.3 is 5.97 Å². The number of carbonyl (C=O) groups excluding carboxylic acids is 1. The van der Waals surface area contributed by atoms with E-state index in [1.54, 1.807) is 18.2 Å². The fourth-order valence-electron chi connectivity index (χ4n) is 2.19. The smallest absolute Gasteiger partial charge is 0.338 e. The molecule has 0 spiro atoms. The molecule has 0 aliphatic rings. The Hall–Kier alpha value is -3.02. The van der Waals surface area contributed by atoms with E-state index < -0.39 is 17.6 Å². The number of ether oxygens (including phenoxy) is 1. The quantitative estimate of drug-likeness (QED) is 0.670. The molecule has 24 heavy (non-hydrogen) atoms. The van der Waals surface area contributed by atoms with E-state index in [1.807, 2.05) is 13.0 Å². The molecule has 6 heteroatoms. The standard InChI is InChI=1S/C18H13F2NO3/c1-11-3-2-4-12(7-11)18(22)23-10-14-9-17(24-21-14)15-6-5-13(19)8-16(15)20/h2-9H,10H2,1H3. The summed E-state index contributed by atoms with van der Waals surface area (Å²) in [5.74, 6) is -1.79. The van der Waals surface area contributed by atoms with Crippen molar-refractivity contribution in [1.82, 2.24) is 5.16 Å². The molecule has 0 radical (unpaired) electrons. The lowest BCUT2D eigenvalue weighted by Gasteiger charge is -2.03. The minimum absolute atomic E-state index is 0.0835. The average molecular weight is 329 g/mol. The van der Waals surface area contributed by atoms with Gasteiger partial charge in [-0.25, -0.2) is 13.6 Å². The molecule has 0 N–H and O–H groups in total. The number of halogens is 2. The van der Waals surface area contributed by atoms with Crippen LogP contribution in [0.15, 0.2) is 53.1 Å². The Kier molecular flexibility index (Phi) is 4.37. The molecule has 0 saturated carbocycles. The number of hydrogen-bond acceptors (Lipinski definition) is 4. The van der Waals surface area contributed by atoms with Gasteiger partial charge in [0.25, 0.3) is 0 Å². The molecule has 3 aromatic rings. The molecule has 0 amide bonds. The largest absolute Gasteiger partial charge is 0.455 e. The van der Waals surface area contributed by atoms with Gasteiger partial charge in [-0.05, 0) is 31.2 Å². The molecular weight excluding hydrogens is 316 g/mol. The van der Waals surface area contributed by atoms with E-state index in [9.17, 15) is 13.6 Å². The monoisotopic (exact) mass is 329 g/mol. The summed E-state index contributed by atoms with van der Waals surface area (Å²) < 4.78 is 36.8. The van der Waals surface area contributed by atoms with Crippen LogP contribution >= 0.6 is 0 Å². The number of esters is 1. The topological polar surface area (TPSA) is 52.3 Å². The van der Waals surface area contributed by atoms with Crippen LogP contribution in [0.5, 0.6) is 0 Å². The molecule has 0 aliphatic heterocycles. The van der Waals surface area contributed by atoms with Crippen molar-refractivity contribution in [3.63, 3.8) is 0 Å². The molecule has 2 aromatic carbocycles. The van der Waals surface area contributed by atoms with Gasteiger partial charge in [-0.3, -0.25) is 0 Å². The third kappa shape index (κ3) is 3.48. The molecule has 122 valence electrons. The highest BCUT2D eigenvalue weighted by Crippen LogP contribution is 2.24. The van der Waals surface area contributed by atoms with Crippen LogP contribution in [0.3, 0.4) is 0 Å². The third-order valence-corrected chi connectivity index (χ3v) is 3.36. The molecule has 0 atom stereocenters. The van der Waals surface area contributed by atoms with E-state index >= 15 is 0 Å². The maximum atomic E-state index is 13.7. The Morgan fingerprint density at radius 2 is 2.00 bits per heavy atom. The highest BCUT2D eigenvalue weighted by atomic mass is 19.1. The maximum absolute atomic E-state index is 13.7. The van der Waals surface area contributed by atoms with E-state index in [-0.39, 0.29) is 17.9 Å². The zero-order valence-electron chi connectivity index (χ0n) is 12.8. The van der Waals surface area contributed by atoms with Crippen molar-refractivity contribution in [1.29, 1.82) is 0 Å². The third-order valence-electron chi connectivity index (χ3n) is 3.36. The van der Waals surface area contributed by atoms with Crippen LogP contribution in [0, 0.1) is 18.6 Å². The summed E-state index contributed by atoms with van der Waals surface area (Å²) in [5, 5.41) is 3.73. The van der Waals surface area contributed by atoms with Gasteiger partial charge in [0.15, 0.2) is 5.76 Å². The van der Waals surface area contributed by atoms with Crippen LogP contribution in [0.1, 0.15) is 21.6 Å². The number of rotatable bonds is 4. The first-order valence-corrected chi connectivity index (χ1v) is 7.18. The summed E-state index contributed by atoms with van der Waals surface area (Å²) >= 11 is 0. The molecular formula is C18H13F2NO3. The Morgan fingerprint density at radius 3 is 2.75 bits per heavy atom. The highest BCUT2D eigenvalue weighted by molar-refractivity contribution is 5.89. The molecule has 0 bridgehead atoms. The lowest BCUT2D eigenvalue weighted by Crippen LogP contribution is -2.05. The second kappa shape index (κ2) is 6.62. The number of benzene rings is 2. The van der Waals surface area contributed by atoms with E-state index in [0.717, 1.165) is 17.7 Å². The van der Waals surface area contributed by atoms with Crippen molar-refractivity contribution < 1.29 is 22.8 Å². The van der Waals surface area contributed by atoms with E-state index in [1.165, 1.54) is 12.1 Å². The normalized spacial score (nSPS) is 10.6. The Morgan fingerprint density at radius 1 is 1.17 bits per heavy atom. The van der Waals surface area contributed by atoms with Gasteiger partial charge in [0.05, 0.1) is 11.1 Å². The van der Waals surface area contributed by atoms with Crippen LogP contribution in [-0.4, -0.2) is 11.1 Å². The van der Waals surface area contributed by atoms with Gasteiger partial charge in [0.1, 0.15) is 23.9 Å². The number of hydrogen-bond donors (Lipinski definition) is 0. The fourth-order valence-corrected chi connectivity index (χ4v) is 2.19. The summed E-state index contributed by atoms with van der Waals surface area (Å²) in [7, 11) is 0. The van der Waals surface area contributed by atoms with Crippen molar-refractivity contribution in [2.24, 2.45) is 0 Å². The maximum Gasteiger partial charge on any atom is 0.338 e. The molecule has 0 fully saturated rings. The summed E-state index contributed by atoms with van der Waals surface area (Å²) in [4.78, 5) is 12.0. The van der Waals surface area contributed by atoms with Crippen LogP contribution in [0.25, 0.3) is 11.3 Å². The van der Waals surface area contributed by atoms with Gasteiger partial charge < -0.3 is 9.26 Å². The molecule has 4 nitrogen and oxygen atoms in total. The second-order valence-corrected chi connectivity index (χ2v) is 5.25.